The highest BCUT2D eigenvalue weighted by Gasteiger charge is 2.15. The van der Waals surface area contributed by atoms with E-state index in [0.29, 0.717) is 11.4 Å². The van der Waals surface area contributed by atoms with Crippen molar-refractivity contribution in [3.05, 3.63) is 28.3 Å². The van der Waals surface area contributed by atoms with Gasteiger partial charge in [0.05, 0.1) is 18.9 Å². The summed E-state index contributed by atoms with van der Waals surface area (Å²) in [7, 11) is 0. The summed E-state index contributed by atoms with van der Waals surface area (Å²) in [5.74, 6) is 2.62. The van der Waals surface area contributed by atoms with Gasteiger partial charge in [0.25, 0.3) is 0 Å². The zero-order chi connectivity index (χ0) is 14.4. The summed E-state index contributed by atoms with van der Waals surface area (Å²) in [6.07, 6.45) is 2.97. The van der Waals surface area contributed by atoms with Gasteiger partial charge in [0.2, 0.25) is 0 Å². The van der Waals surface area contributed by atoms with Crippen molar-refractivity contribution >= 4 is 23.3 Å². The normalized spacial score (nSPS) is 16.5. The minimum atomic E-state index is -0.352. The standard InChI is InChI=1S/C14H20N2O3S/c1-11-9-12(10-14(17)19-11)15-13(3-8-20-2)16-4-6-18-7-5-16/h9-10H,3-8H2,1-2H3. The predicted molar refractivity (Wildman–Crippen MR) is 82.2 cm³/mol. The van der Waals surface area contributed by atoms with Gasteiger partial charge in [0.15, 0.2) is 0 Å². The van der Waals surface area contributed by atoms with Crippen LogP contribution in [0.15, 0.2) is 26.3 Å². The molecule has 0 N–H and O–H groups in total. The maximum atomic E-state index is 11.4. The molecular weight excluding hydrogens is 276 g/mol. The number of hydrogen-bond acceptors (Lipinski definition) is 5. The highest BCUT2D eigenvalue weighted by atomic mass is 32.2. The monoisotopic (exact) mass is 296 g/mol. The predicted octanol–water partition coefficient (Wildman–Crippen LogP) is 2.06. The zero-order valence-corrected chi connectivity index (χ0v) is 12.7. The molecule has 0 aliphatic carbocycles. The second-order valence-electron chi connectivity index (χ2n) is 4.62. The van der Waals surface area contributed by atoms with Crippen LogP contribution in [0, 0.1) is 6.92 Å². The Morgan fingerprint density at radius 2 is 2.15 bits per heavy atom. The van der Waals surface area contributed by atoms with Crippen molar-refractivity contribution in [3.8, 4) is 0 Å². The topological polar surface area (TPSA) is 55.0 Å². The molecular formula is C14H20N2O3S. The van der Waals surface area contributed by atoms with Crippen LogP contribution < -0.4 is 5.63 Å². The van der Waals surface area contributed by atoms with Gasteiger partial charge < -0.3 is 14.1 Å². The smallest absolute Gasteiger partial charge is 0.338 e. The molecule has 1 fully saturated rings. The molecule has 2 rings (SSSR count). The molecule has 0 spiro atoms. The average Bonchev–Trinajstić information content (AvgIpc) is 2.43. The second-order valence-corrected chi connectivity index (χ2v) is 5.60. The third kappa shape index (κ3) is 4.38. The van der Waals surface area contributed by atoms with Gasteiger partial charge in [-0.05, 0) is 13.2 Å². The quantitative estimate of drug-likeness (QED) is 0.629. The first-order valence-corrected chi connectivity index (χ1v) is 8.09. The number of nitrogens with zero attached hydrogens (tertiary/aromatic N) is 2. The van der Waals surface area contributed by atoms with E-state index in [1.807, 2.05) is 0 Å². The van der Waals surface area contributed by atoms with Gasteiger partial charge in [0.1, 0.15) is 11.6 Å². The van der Waals surface area contributed by atoms with E-state index in [9.17, 15) is 4.79 Å². The van der Waals surface area contributed by atoms with Crippen LogP contribution in [-0.4, -0.2) is 49.0 Å². The van der Waals surface area contributed by atoms with E-state index in [1.54, 1.807) is 24.8 Å². The lowest BCUT2D eigenvalue weighted by atomic mass is 10.3. The van der Waals surface area contributed by atoms with E-state index in [1.165, 1.54) is 6.07 Å². The molecule has 110 valence electrons. The molecule has 1 aliphatic rings. The largest absolute Gasteiger partial charge is 0.428 e. The van der Waals surface area contributed by atoms with Crippen LogP contribution in [0.2, 0.25) is 0 Å². The highest BCUT2D eigenvalue weighted by Crippen LogP contribution is 2.15. The first-order chi connectivity index (χ1) is 9.69. The Morgan fingerprint density at radius 1 is 1.40 bits per heavy atom. The SMILES string of the molecule is CSCCC(=Nc1cc(C)oc(=O)c1)N1CCOCC1. The Morgan fingerprint density at radius 3 is 2.80 bits per heavy atom. The van der Waals surface area contributed by atoms with Crippen molar-refractivity contribution in [2.75, 3.05) is 38.3 Å². The van der Waals surface area contributed by atoms with Crippen LogP contribution in [0.3, 0.4) is 0 Å². The maximum Gasteiger partial charge on any atom is 0.338 e. The van der Waals surface area contributed by atoms with E-state index in [2.05, 4.69) is 16.1 Å². The average molecular weight is 296 g/mol. The highest BCUT2D eigenvalue weighted by molar-refractivity contribution is 7.98. The summed E-state index contributed by atoms with van der Waals surface area (Å²) < 4.78 is 10.3. The van der Waals surface area contributed by atoms with Crippen LogP contribution in [0.4, 0.5) is 5.69 Å². The van der Waals surface area contributed by atoms with Gasteiger partial charge in [-0.25, -0.2) is 9.79 Å². The number of hydrogen-bond donors (Lipinski definition) is 0. The molecule has 6 heteroatoms. The molecule has 2 heterocycles. The second kappa shape index (κ2) is 7.50. The Hall–Kier alpha value is -1.27. The summed E-state index contributed by atoms with van der Waals surface area (Å²) in [6, 6.07) is 3.23. The van der Waals surface area contributed by atoms with E-state index in [0.717, 1.165) is 44.3 Å². The van der Waals surface area contributed by atoms with Crippen LogP contribution in [-0.2, 0) is 4.74 Å². The number of thioether (sulfide) groups is 1. The lowest BCUT2D eigenvalue weighted by Gasteiger charge is -2.30. The summed E-state index contributed by atoms with van der Waals surface area (Å²) in [5.41, 5.74) is 0.316. The third-order valence-corrected chi connectivity index (χ3v) is 3.65. The number of ether oxygens (including phenoxy) is 1. The first-order valence-electron chi connectivity index (χ1n) is 6.70. The molecule has 1 saturated heterocycles. The maximum absolute atomic E-state index is 11.4. The molecule has 0 atom stereocenters. The lowest BCUT2D eigenvalue weighted by molar-refractivity contribution is 0.0673. The van der Waals surface area contributed by atoms with Crippen molar-refractivity contribution < 1.29 is 9.15 Å². The molecule has 1 aromatic heterocycles. The summed E-state index contributed by atoms with van der Waals surface area (Å²) in [5, 5.41) is 0. The molecule has 1 aromatic rings. The van der Waals surface area contributed by atoms with Crippen molar-refractivity contribution in [3.63, 3.8) is 0 Å². The fraction of sp³-hybridized carbons (Fsp3) is 0.571. The van der Waals surface area contributed by atoms with Crippen LogP contribution in [0.1, 0.15) is 12.2 Å². The molecule has 0 saturated carbocycles. The fourth-order valence-corrected chi connectivity index (χ4v) is 2.49. The lowest BCUT2D eigenvalue weighted by Crippen LogP contribution is -2.40. The Balaban J connectivity index is 2.23. The Bertz CT molecular complexity index is 521. The van der Waals surface area contributed by atoms with Crippen LogP contribution >= 0.6 is 11.8 Å². The van der Waals surface area contributed by atoms with Crippen LogP contribution in [0.25, 0.3) is 0 Å². The van der Waals surface area contributed by atoms with Gasteiger partial charge in [-0.15, -0.1) is 0 Å². The molecule has 0 radical (unpaired) electrons. The number of aliphatic imine (C=N–C) groups is 1. The van der Waals surface area contributed by atoms with Crippen LogP contribution in [0.5, 0.6) is 0 Å². The van der Waals surface area contributed by atoms with Crippen molar-refractivity contribution in [1.82, 2.24) is 4.90 Å². The first kappa shape index (κ1) is 15.1. The number of amidine groups is 1. The minimum Gasteiger partial charge on any atom is -0.428 e. The molecule has 0 unspecified atom stereocenters. The molecule has 0 aromatic carbocycles. The molecule has 20 heavy (non-hydrogen) atoms. The van der Waals surface area contributed by atoms with Gasteiger partial charge >= 0.3 is 5.63 Å². The van der Waals surface area contributed by atoms with Gasteiger partial charge in [-0.3, -0.25) is 0 Å². The van der Waals surface area contributed by atoms with E-state index in [4.69, 9.17) is 9.15 Å². The summed E-state index contributed by atoms with van der Waals surface area (Å²) in [6.45, 7) is 4.93. The van der Waals surface area contributed by atoms with Crippen molar-refractivity contribution in [2.24, 2.45) is 4.99 Å². The molecule has 1 aliphatic heterocycles. The Kier molecular flexibility index (Phi) is 5.67. The summed E-state index contributed by atoms with van der Waals surface area (Å²) in [4.78, 5) is 18.3. The fourth-order valence-electron chi connectivity index (χ4n) is 2.10. The zero-order valence-electron chi connectivity index (χ0n) is 11.9. The van der Waals surface area contributed by atoms with E-state index >= 15 is 0 Å². The van der Waals surface area contributed by atoms with Gasteiger partial charge in [-0.2, -0.15) is 11.8 Å². The number of aryl methyl sites for hydroxylation is 1. The van der Waals surface area contributed by atoms with Crippen molar-refractivity contribution in [2.45, 2.75) is 13.3 Å². The van der Waals surface area contributed by atoms with Gasteiger partial charge in [-0.1, -0.05) is 0 Å². The van der Waals surface area contributed by atoms with E-state index < -0.39 is 0 Å². The van der Waals surface area contributed by atoms with Crippen molar-refractivity contribution in [1.29, 1.82) is 0 Å². The minimum absolute atomic E-state index is 0.352. The number of rotatable bonds is 4. The molecule has 0 bridgehead atoms. The summed E-state index contributed by atoms with van der Waals surface area (Å²) >= 11 is 1.79. The van der Waals surface area contributed by atoms with E-state index in [-0.39, 0.29) is 5.63 Å². The molecule has 0 amide bonds. The number of morpholine rings is 1. The third-order valence-electron chi connectivity index (χ3n) is 3.04. The Labute approximate surface area is 123 Å². The van der Waals surface area contributed by atoms with Gasteiger partial charge in [0, 0.05) is 37.4 Å². The molecule has 5 nitrogen and oxygen atoms in total.